The van der Waals surface area contributed by atoms with E-state index in [0.717, 1.165) is 11.2 Å². The van der Waals surface area contributed by atoms with Gasteiger partial charge < -0.3 is 0 Å². The van der Waals surface area contributed by atoms with Crippen LogP contribution < -0.4 is 0 Å². The Kier molecular flexibility index (Phi) is 3.70. The molecular formula is C19H15N. The predicted octanol–water partition coefficient (Wildman–Crippen LogP) is 4.96. The largest absolute Gasteiger partial charge is 0.248 e. The number of allylic oxidation sites excluding steroid dienone is 2. The van der Waals surface area contributed by atoms with Gasteiger partial charge in [0.1, 0.15) is 0 Å². The topological polar surface area (TPSA) is 12.9 Å². The number of hydrogen-bond donors (Lipinski definition) is 0. The van der Waals surface area contributed by atoms with Gasteiger partial charge in [0, 0.05) is 5.39 Å². The van der Waals surface area contributed by atoms with E-state index >= 15 is 0 Å². The number of fused-ring (bicyclic) bond motifs is 1. The van der Waals surface area contributed by atoms with Gasteiger partial charge in [-0.25, -0.2) is 4.98 Å². The Balaban J connectivity index is 1.76. The fourth-order valence-corrected chi connectivity index (χ4v) is 2.06. The Morgan fingerprint density at radius 1 is 0.650 bits per heavy atom. The van der Waals surface area contributed by atoms with Crippen molar-refractivity contribution < 1.29 is 0 Å². The van der Waals surface area contributed by atoms with Gasteiger partial charge in [0.2, 0.25) is 0 Å². The lowest BCUT2D eigenvalue weighted by Gasteiger charge is -1.97. The molecule has 2 aromatic carbocycles. The summed E-state index contributed by atoms with van der Waals surface area (Å²) in [5.74, 6) is 0. The van der Waals surface area contributed by atoms with E-state index in [1.807, 2.05) is 60.7 Å². The quantitative estimate of drug-likeness (QED) is 0.604. The summed E-state index contributed by atoms with van der Waals surface area (Å²) in [4.78, 5) is 4.60. The smallest absolute Gasteiger partial charge is 0.0709 e. The SMILES string of the molecule is C(C=Cc1ccc2ccccc2n1)=Cc1ccccc1. The van der Waals surface area contributed by atoms with Crippen molar-refractivity contribution in [1.82, 2.24) is 4.98 Å². The Bertz CT molecular complexity index is 755. The molecule has 1 heteroatoms. The first kappa shape index (κ1) is 12.4. The highest BCUT2D eigenvalue weighted by Gasteiger charge is 1.93. The molecule has 0 unspecified atom stereocenters. The molecule has 0 N–H and O–H groups in total. The zero-order chi connectivity index (χ0) is 13.6. The molecule has 0 saturated carbocycles. The highest BCUT2D eigenvalue weighted by atomic mass is 14.7. The summed E-state index contributed by atoms with van der Waals surface area (Å²) in [6.07, 6.45) is 8.15. The predicted molar refractivity (Wildman–Crippen MR) is 86.3 cm³/mol. The third-order valence-electron chi connectivity index (χ3n) is 3.09. The van der Waals surface area contributed by atoms with Crippen molar-refractivity contribution in [3.05, 3.63) is 90.1 Å². The van der Waals surface area contributed by atoms with Crippen LogP contribution in [0.4, 0.5) is 0 Å². The Morgan fingerprint density at radius 3 is 2.30 bits per heavy atom. The summed E-state index contributed by atoms with van der Waals surface area (Å²) in [5.41, 5.74) is 3.20. The van der Waals surface area contributed by atoms with Crippen LogP contribution in [0.3, 0.4) is 0 Å². The maximum Gasteiger partial charge on any atom is 0.0709 e. The molecule has 1 nitrogen and oxygen atoms in total. The molecule has 3 rings (SSSR count). The van der Waals surface area contributed by atoms with Crippen molar-refractivity contribution in [3.8, 4) is 0 Å². The lowest BCUT2D eigenvalue weighted by molar-refractivity contribution is 1.37. The van der Waals surface area contributed by atoms with Crippen molar-refractivity contribution >= 4 is 23.1 Å². The zero-order valence-corrected chi connectivity index (χ0v) is 11.1. The normalized spacial score (nSPS) is 11.6. The maximum atomic E-state index is 4.60. The van der Waals surface area contributed by atoms with Crippen molar-refractivity contribution in [3.63, 3.8) is 0 Å². The van der Waals surface area contributed by atoms with Crippen molar-refractivity contribution in [2.45, 2.75) is 0 Å². The van der Waals surface area contributed by atoms with Crippen LogP contribution in [0.25, 0.3) is 23.1 Å². The summed E-state index contributed by atoms with van der Waals surface area (Å²) in [6, 6.07) is 22.5. The van der Waals surface area contributed by atoms with Crippen LogP contribution in [0.5, 0.6) is 0 Å². The molecule has 0 saturated heterocycles. The van der Waals surface area contributed by atoms with E-state index < -0.39 is 0 Å². The van der Waals surface area contributed by atoms with Crippen LogP contribution in [0.15, 0.2) is 78.9 Å². The number of benzene rings is 2. The summed E-state index contributed by atoms with van der Waals surface area (Å²) in [7, 11) is 0. The first-order valence-corrected chi connectivity index (χ1v) is 6.67. The molecule has 0 bridgehead atoms. The van der Waals surface area contributed by atoms with Crippen molar-refractivity contribution in [2.24, 2.45) is 0 Å². The lowest BCUT2D eigenvalue weighted by Crippen LogP contribution is -1.81. The summed E-state index contributed by atoms with van der Waals surface area (Å²) in [5, 5.41) is 1.17. The van der Waals surface area contributed by atoms with E-state index in [4.69, 9.17) is 0 Å². The van der Waals surface area contributed by atoms with Gasteiger partial charge in [-0.15, -0.1) is 0 Å². The van der Waals surface area contributed by atoms with Gasteiger partial charge in [-0.1, -0.05) is 72.8 Å². The average Bonchev–Trinajstić information content (AvgIpc) is 2.52. The minimum Gasteiger partial charge on any atom is -0.248 e. The van der Waals surface area contributed by atoms with Crippen LogP contribution in [0.1, 0.15) is 11.3 Å². The second kappa shape index (κ2) is 5.98. The third kappa shape index (κ3) is 3.01. The molecule has 0 aliphatic rings. The van der Waals surface area contributed by atoms with E-state index in [-0.39, 0.29) is 0 Å². The molecule has 0 amide bonds. The molecule has 0 aliphatic carbocycles. The van der Waals surface area contributed by atoms with Crippen LogP contribution in [-0.4, -0.2) is 4.98 Å². The Hall–Kier alpha value is -2.67. The minimum absolute atomic E-state index is 0.974. The van der Waals surface area contributed by atoms with Gasteiger partial charge in [-0.3, -0.25) is 0 Å². The third-order valence-corrected chi connectivity index (χ3v) is 3.09. The molecule has 96 valence electrons. The number of aromatic nitrogens is 1. The minimum atomic E-state index is 0.974. The molecule has 1 heterocycles. The zero-order valence-electron chi connectivity index (χ0n) is 11.1. The average molecular weight is 257 g/mol. The fraction of sp³-hybridized carbons (Fsp3) is 0. The monoisotopic (exact) mass is 257 g/mol. The Labute approximate surface area is 118 Å². The van der Waals surface area contributed by atoms with E-state index in [1.54, 1.807) is 0 Å². The highest BCUT2D eigenvalue weighted by Crippen LogP contribution is 2.12. The molecule has 20 heavy (non-hydrogen) atoms. The Morgan fingerprint density at radius 2 is 1.40 bits per heavy atom. The molecule has 0 fully saturated rings. The number of rotatable bonds is 3. The standard InChI is InChI=1S/C19H15N/c1-2-8-16(9-3-1)10-4-6-12-18-15-14-17-11-5-7-13-19(17)20-18/h1-15H. The summed E-state index contributed by atoms with van der Waals surface area (Å²) < 4.78 is 0. The van der Waals surface area contributed by atoms with Gasteiger partial charge in [-0.05, 0) is 23.8 Å². The van der Waals surface area contributed by atoms with E-state index in [1.165, 1.54) is 10.9 Å². The molecule has 0 spiro atoms. The van der Waals surface area contributed by atoms with Gasteiger partial charge in [-0.2, -0.15) is 0 Å². The molecule has 3 aromatic rings. The van der Waals surface area contributed by atoms with Gasteiger partial charge in [0.25, 0.3) is 0 Å². The van der Waals surface area contributed by atoms with E-state index in [9.17, 15) is 0 Å². The van der Waals surface area contributed by atoms with Crippen LogP contribution in [0, 0.1) is 0 Å². The highest BCUT2D eigenvalue weighted by molar-refractivity contribution is 5.79. The van der Waals surface area contributed by atoms with E-state index in [0.29, 0.717) is 0 Å². The van der Waals surface area contributed by atoms with Gasteiger partial charge >= 0.3 is 0 Å². The van der Waals surface area contributed by atoms with Gasteiger partial charge in [0.05, 0.1) is 11.2 Å². The van der Waals surface area contributed by atoms with Crippen molar-refractivity contribution in [1.29, 1.82) is 0 Å². The van der Waals surface area contributed by atoms with Crippen LogP contribution in [-0.2, 0) is 0 Å². The molecule has 0 aliphatic heterocycles. The first-order chi connectivity index (χ1) is 9.92. The number of pyridine rings is 1. The molecular weight excluding hydrogens is 242 g/mol. The molecule has 0 radical (unpaired) electrons. The van der Waals surface area contributed by atoms with Gasteiger partial charge in [0.15, 0.2) is 0 Å². The van der Waals surface area contributed by atoms with Crippen LogP contribution in [0.2, 0.25) is 0 Å². The summed E-state index contributed by atoms with van der Waals surface area (Å²) in [6.45, 7) is 0. The fourth-order valence-electron chi connectivity index (χ4n) is 2.06. The number of hydrogen-bond acceptors (Lipinski definition) is 1. The number of para-hydroxylation sites is 1. The van der Waals surface area contributed by atoms with Crippen molar-refractivity contribution in [2.75, 3.05) is 0 Å². The van der Waals surface area contributed by atoms with Crippen LogP contribution >= 0.6 is 0 Å². The first-order valence-electron chi connectivity index (χ1n) is 6.67. The molecule has 1 aromatic heterocycles. The second-order valence-electron chi connectivity index (χ2n) is 4.56. The molecule has 0 atom stereocenters. The van der Waals surface area contributed by atoms with E-state index in [2.05, 4.69) is 35.3 Å². The second-order valence-corrected chi connectivity index (χ2v) is 4.56. The maximum absolute atomic E-state index is 4.60. The number of nitrogens with zero attached hydrogens (tertiary/aromatic N) is 1. The summed E-state index contributed by atoms with van der Waals surface area (Å²) >= 11 is 0. The lowest BCUT2D eigenvalue weighted by atomic mass is 10.2.